The van der Waals surface area contributed by atoms with Crippen molar-refractivity contribution in [2.45, 2.75) is 282 Å². The van der Waals surface area contributed by atoms with E-state index in [0.717, 1.165) is 29.2 Å². The number of aryl methyl sites for hydroxylation is 1. The average molecular weight is 1800 g/mol. The first-order valence-electron chi connectivity index (χ1n) is 43.4. The highest BCUT2D eigenvalue weighted by atomic mass is 32.2. The number of unbranched alkanes of at least 4 members (excludes halogenated alkanes) is 2. The van der Waals surface area contributed by atoms with Gasteiger partial charge in [-0.2, -0.15) is 24.8 Å². The fourth-order valence-electron chi connectivity index (χ4n) is 16.1. The van der Waals surface area contributed by atoms with Gasteiger partial charge in [0.2, 0.25) is 47.0 Å². The van der Waals surface area contributed by atoms with Gasteiger partial charge in [0.1, 0.15) is 19.2 Å². The number of nitrogens with one attached hydrogen (secondary N) is 6. The molecule has 5 rings (SSSR count). The lowest BCUT2D eigenvalue weighted by molar-refractivity contribution is -0.438. The molecular weight excluding hydrogens is 1670 g/mol. The molecule has 12 N–H and O–H groups in total. The third-order valence-corrected chi connectivity index (χ3v) is 24.4. The molecule has 126 heavy (non-hydrogen) atoms. The fourth-order valence-corrected chi connectivity index (χ4v) is 17.3. The van der Waals surface area contributed by atoms with E-state index in [-0.39, 0.29) is 91.5 Å². The Labute approximate surface area is 741 Å². The highest BCUT2D eigenvalue weighted by Crippen LogP contribution is 2.48. The second-order valence-electron chi connectivity index (χ2n) is 34.1. The lowest BCUT2D eigenvalue weighted by atomic mass is 9.81. The molecule has 696 valence electrons. The standard InChI is InChI=1S/C90H129N9O25S2/c1-12-91-85(117)57(6)49-72(101)67(54-125-11)94-78(105)29-20-23-60(47-55(3)4)92-88(120)70-24-21-45-99(70)79(106)53-124-46-22-25-71(100)64(34-41-82(111)112)95-86(118)59(32-40-81(109)110)51-74(103)66(36-43-84(115)116)96-87(119)58(31-39-80(107)108)50-73(102)65(35-42-83(113)114)93-77(104)28-18-15-19-44-98-69-38-33-61(126(121,122)123)52-63(69)90(9,10)76(98)27-17-14-16-26-75-89(7,8)62-48-56(5)30-37-68(62)97(75)13-2/h14,16-17,26-27,30,33,37-38,48,52,55,57-60,64-67,70H,12-13,15,18-25,28-29,31-32,34-36,39-47,49-51,53-54H2,1-11H3,(H11-,91,92,93,94,95,96,104,105,107,108,109,110,111,112,113,114,115,116,117,118,119,120,121,122,123)/p+1/t57-,58+,59+,60-,64-,65-,66-,67+,70+/m1/s1. The van der Waals surface area contributed by atoms with E-state index in [9.17, 15) is 115 Å². The Morgan fingerprint density at radius 1 is 0.587 bits per heavy atom. The third kappa shape index (κ3) is 33.8. The molecule has 34 nitrogen and oxygen atoms in total. The Kier molecular flexibility index (Phi) is 43.4. The molecule has 3 aliphatic heterocycles. The number of hydrogen-bond donors (Lipinski definition) is 12. The van der Waals surface area contributed by atoms with Gasteiger partial charge >= 0.3 is 29.8 Å². The van der Waals surface area contributed by atoms with Gasteiger partial charge in [-0.05, 0) is 160 Å². The number of carboxylic acids is 5. The Hall–Kier alpha value is -10.3. The Bertz CT molecular complexity index is 4500. The number of likely N-dealkylation sites (tertiary alicyclic amines) is 1. The lowest BCUT2D eigenvalue weighted by Gasteiger charge is -2.27. The van der Waals surface area contributed by atoms with Crippen LogP contribution in [-0.2, 0) is 102 Å². The molecule has 0 radical (unpaired) electrons. The maximum Gasteiger partial charge on any atom is 0.303 e. The number of likely N-dealkylation sites (N-methyl/N-ethyl adjacent to an activating group) is 1. The number of carbonyl (C=O) groups is 16. The molecule has 2 aromatic rings. The number of aliphatic carboxylic acids is 5. The van der Waals surface area contributed by atoms with E-state index in [4.69, 9.17) is 4.74 Å². The van der Waals surface area contributed by atoms with Crippen LogP contribution in [0.1, 0.15) is 240 Å². The minimum absolute atomic E-state index is 0.0410. The number of allylic oxidation sites excluding steroid dienone is 6. The first-order chi connectivity index (χ1) is 59.3. The summed E-state index contributed by atoms with van der Waals surface area (Å²) in [5.41, 5.74) is 5.76. The SMILES string of the molecule is CCNC(=O)[C@H](C)CC(=O)[C@H](CSC)NC(=O)CCC[C@H](CC(C)C)NC(=O)[C@@H]1CCCN1C(=O)COCCCC(=O)[C@@H](CCC(=O)O)NC(=O)[C@@H](CCC(=O)O)CC(=O)[C@@H](CCC(=O)O)NC(=O)[C@@H](CCC(=O)O)CC(=O)[C@@H](CCC(=O)O)NC(=O)CCCCC[N+]1=C(C=CC=CC=C2N(CC)c3ccc(C)cc3C2(C)C)C(C)(C)c2cc(S(=O)(=O)O)ccc21. The van der Waals surface area contributed by atoms with Gasteiger partial charge in [-0.1, -0.05) is 70.5 Å². The van der Waals surface area contributed by atoms with Gasteiger partial charge in [0.25, 0.3) is 10.1 Å². The average Bonchev–Trinajstić information content (AvgIpc) is 1.59. The second-order valence-corrected chi connectivity index (χ2v) is 36.4. The number of carbonyl (C=O) groups excluding carboxylic acids is 11. The van der Waals surface area contributed by atoms with Gasteiger partial charge in [-0.15, -0.1) is 0 Å². The molecule has 0 aromatic heterocycles. The third-order valence-electron chi connectivity index (χ3n) is 22.9. The van der Waals surface area contributed by atoms with Crippen LogP contribution in [0, 0.1) is 30.6 Å². The number of nitrogens with zero attached hydrogens (tertiary/aromatic N) is 3. The highest BCUT2D eigenvalue weighted by Gasteiger charge is 2.46. The van der Waals surface area contributed by atoms with Gasteiger partial charge in [-0.25, -0.2) is 0 Å². The van der Waals surface area contributed by atoms with Crippen molar-refractivity contribution < 1.29 is 125 Å². The lowest BCUT2D eigenvalue weighted by Crippen LogP contribution is -2.50. The molecule has 9 atom stereocenters. The molecule has 3 aliphatic rings. The first-order valence-corrected chi connectivity index (χ1v) is 46.2. The number of hydrogen-bond acceptors (Lipinski definition) is 21. The van der Waals surface area contributed by atoms with Crippen LogP contribution in [0.25, 0.3) is 0 Å². The Balaban J connectivity index is 1.21. The smallest absolute Gasteiger partial charge is 0.303 e. The van der Waals surface area contributed by atoms with Crippen molar-refractivity contribution in [2.75, 3.05) is 56.3 Å². The zero-order valence-electron chi connectivity index (χ0n) is 74.3. The number of anilines is 1. The summed E-state index contributed by atoms with van der Waals surface area (Å²) in [7, 11) is -4.58. The zero-order valence-corrected chi connectivity index (χ0v) is 76.0. The normalized spacial score (nSPS) is 16.8. The van der Waals surface area contributed by atoms with Crippen molar-refractivity contribution >= 4 is 133 Å². The fraction of sp³-hybridized carbons (Fsp3) is 0.611. The second kappa shape index (κ2) is 51.5. The van der Waals surface area contributed by atoms with Crippen LogP contribution in [-0.4, -0.2) is 236 Å². The minimum Gasteiger partial charge on any atom is -0.481 e. The number of benzene rings is 2. The molecule has 1 saturated heterocycles. The Morgan fingerprint density at radius 2 is 1.13 bits per heavy atom. The summed E-state index contributed by atoms with van der Waals surface area (Å²) in [6.45, 7) is 20.9. The van der Waals surface area contributed by atoms with Gasteiger partial charge in [0.05, 0.1) is 34.5 Å². The number of rotatable bonds is 60. The summed E-state index contributed by atoms with van der Waals surface area (Å²) in [6.07, 6.45) is 6.21. The van der Waals surface area contributed by atoms with Crippen LogP contribution in [0.4, 0.5) is 11.4 Å². The molecule has 0 bridgehead atoms. The summed E-state index contributed by atoms with van der Waals surface area (Å²) in [6, 6.07) is 3.92. The van der Waals surface area contributed by atoms with E-state index in [1.54, 1.807) is 26.2 Å². The van der Waals surface area contributed by atoms with E-state index >= 15 is 0 Å². The highest BCUT2D eigenvalue weighted by molar-refractivity contribution is 7.98. The number of carboxylic acid groups (broad SMARTS) is 5. The maximum absolute atomic E-state index is 14.4. The van der Waals surface area contributed by atoms with Crippen LogP contribution >= 0.6 is 11.8 Å². The van der Waals surface area contributed by atoms with Crippen molar-refractivity contribution in [1.82, 2.24) is 36.8 Å². The summed E-state index contributed by atoms with van der Waals surface area (Å²) in [5, 5.41) is 64.6. The molecule has 0 unspecified atom stereocenters. The topological polar surface area (TPSA) is 520 Å². The molecule has 0 aliphatic carbocycles. The van der Waals surface area contributed by atoms with Crippen molar-refractivity contribution in [3.05, 3.63) is 89.2 Å². The zero-order chi connectivity index (χ0) is 93.9. The summed E-state index contributed by atoms with van der Waals surface area (Å²) in [5.74, 6) is -17.8. The minimum atomic E-state index is -4.58. The summed E-state index contributed by atoms with van der Waals surface area (Å²) < 4.78 is 42.5. The van der Waals surface area contributed by atoms with Crippen molar-refractivity contribution in [1.29, 1.82) is 0 Å². The molecule has 36 heteroatoms. The van der Waals surface area contributed by atoms with E-state index in [2.05, 4.69) is 88.8 Å². The van der Waals surface area contributed by atoms with E-state index in [0.29, 0.717) is 75.0 Å². The summed E-state index contributed by atoms with van der Waals surface area (Å²) in [4.78, 5) is 214. The van der Waals surface area contributed by atoms with E-state index in [1.807, 2.05) is 56.6 Å². The van der Waals surface area contributed by atoms with Crippen molar-refractivity contribution in [3.63, 3.8) is 0 Å². The van der Waals surface area contributed by atoms with E-state index in [1.165, 1.54) is 34.4 Å². The van der Waals surface area contributed by atoms with E-state index < -0.39 is 224 Å². The van der Waals surface area contributed by atoms with Crippen LogP contribution in [0.5, 0.6) is 0 Å². The van der Waals surface area contributed by atoms with Crippen LogP contribution < -0.4 is 36.8 Å². The molecule has 0 spiro atoms. The van der Waals surface area contributed by atoms with Gasteiger partial charge < -0.3 is 72.0 Å². The predicted octanol–water partition coefficient (Wildman–Crippen LogP) is 8.56. The van der Waals surface area contributed by atoms with Crippen molar-refractivity contribution in [2.24, 2.45) is 23.7 Å². The Morgan fingerprint density at radius 3 is 1.68 bits per heavy atom. The number of fused-ring (bicyclic) bond motifs is 2. The number of ether oxygens (including phenoxy) is 1. The monoisotopic (exact) mass is 1800 g/mol. The van der Waals surface area contributed by atoms with Gasteiger partial charge in [0, 0.05) is 167 Å². The summed E-state index contributed by atoms with van der Waals surface area (Å²) >= 11 is 1.38. The maximum atomic E-state index is 14.4. The molecule has 0 saturated carbocycles. The first kappa shape index (κ1) is 106. The molecular formula is C90H130N9O25S2+. The number of Topliss-reactive ketones (excluding diaryl/α,β-unsaturated/α-hetero) is 4. The predicted molar refractivity (Wildman–Crippen MR) is 470 cm³/mol. The molecule has 1 fully saturated rings. The number of ketones is 4. The van der Waals surface area contributed by atoms with Crippen LogP contribution in [0.3, 0.4) is 0 Å². The van der Waals surface area contributed by atoms with Crippen LogP contribution in [0.15, 0.2) is 77.4 Å². The quantitative estimate of drug-likeness (QED) is 0.0128. The van der Waals surface area contributed by atoms with Gasteiger partial charge in [0.15, 0.2) is 28.8 Å². The van der Waals surface area contributed by atoms with Crippen LogP contribution in [0.2, 0.25) is 0 Å². The molecule has 2 aromatic carbocycles. The molecule has 7 amide bonds. The van der Waals surface area contributed by atoms with Gasteiger partial charge in [-0.3, -0.25) is 81.3 Å². The largest absolute Gasteiger partial charge is 0.481 e. The molecule has 3 heterocycles. The number of thioether (sulfide) groups is 1. The van der Waals surface area contributed by atoms with Crippen molar-refractivity contribution in [3.8, 4) is 0 Å². The number of amides is 7.